The number of rotatable bonds is 6. The van der Waals surface area contributed by atoms with Crippen molar-refractivity contribution < 1.29 is 4.79 Å². The standard InChI is InChI=1S/C17H28N2O/c1-13(12-17(2,3)4)11-16(20)19-10-9-14-5-7-15(18)8-6-14/h5-8,13H,9-12,18H2,1-4H3,(H,19,20). The molecule has 1 aromatic rings. The molecule has 0 aliphatic rings. The van der Waals surface area contributed by atoms with Crippen LogP contribution in [0, 0.1) is 11.3 Å². The van der Waals surface area contributed by atoms with Crippen molar-refractivity contribution in [2.75, 3.05) is 12.3 Å². The van der Waals surface area contributed by atoms with E-state index in [-0.39, 0.29) is 11.3 Å². The maximum atomic E-state index is 11.9. The maximum Gasteiger partial charge on any atom is 0.220 e. The molecular formula is C17H28N2O. The molecule has 112 valence electrons. The first-order valence-corrected chi connectivity index (χ1v) is 7.37. The van der Waals surface area contributed by atoms with Crippen LogP contribution in [0.3, 0.4) is 0 Å². The lowest BCUT2D eigenvalue weighted by atomic mass is 9.84. The van der Waals surface area contributed by atoms with Crippen LogP contribution in [0.1, 0.15) is 46.1 Å². The summed E-state index contributed by atoms with van der Waals surface area (Å²) in [5, 5.41) is 2.99. The van der Waals surface area contributed by atoms with Crippen molar-refractivity contribution in [1.82, 2.24) is 5.32 Å². The molecule has 1 unspecified atom stereocenters. The molecule has 0 saturated carbocycles. The number of carbonyl (C=O) groups is 1. The number of amides is 1. The number of hydrogen-bond acceptors (Lipinski definition) is 2. The van der Waals surface area contributed by atoms with Gasteiger partial charge < -0.3 is 11.1 Å². The summed E-state index contributed by atoms with van der Waals surface area (Å²) in [7, 11) is 0. The van der Waals surface area contributed by atoms with Crippen LogP contribution in [0.5, 0.6) is 0 Å². The van der Waals surface area contributed by atoms with Gasteiger partial charge in [-0.2, -0.15) is 0 Å². The molecule has 1 rings (SSSR count). The molecule has 0 aromatic heterocycles. The molecule has 3 N–H and O–H groups in total. The summed E-state index contributed by atoms with van der Waals surface area (Å²) in [4.78, 5) is 11.9. The van der Waals surface area contributed by atoms with E-state index in [1.807, 2.05) is 24.3 Å². The number of benzene rings is 1. The van der Waals surface area contributed by atoms with Gasteiger partial charge >= 0.3 is 0 Å². The van der Waals surface area contributed by atoms with Gasteiger partial charge in [0.1, 0.15) is 0 Å². The van der Waals surface area contributed by atoms with E-state index in [4.69, 9.17) is 5.73 Å². The molecule has 0 saturated heterocycles. The third-order valence-corrected chi connectivity index (χ3v) is 3.21. The molecule has 0 fully saturated rings. The van der Waals surface area contributed by atoms with Gasteiger partial charge in [-0.05, 0) is 41.9 Å². The van der Waals surface area contributed by atoms with Crippen LogP contribution in [-0.4, -0.2) is 12.5 Å². The summed E-state index contributed by atoms with van der Waals surface area (Å²) in [6.07, 6.45) is 2.52. The second-order valence-electron chi connectivity index (χ2n) is 6.92. The molecule has 0 radical (unpaired) electrons. The van der Waals surface area contributed by atoms with Crippen molar-refractivity contribution in [3.8, 4) is 0 Å². The minimum atomic E-state index is 0.150. The minimum Gasteiger partial charge on any atom is -0.399 e. The third-order valence-electron chi connectivity index (χ3n) is 3.21. The summed E-state index contributed by atoms with van der Waals surface area (Å²) >= 11 is 0. The Morgan fingerprint density at radius 2 is 1.85 bits per heavy atom. The molecule has 0 spiro atoms. The van der Waals surface area contributed by atoms with Crippen molar-refractivity contribution in [1.29, 1.82) is 0 Å². The number of hydrogen-bond donors (Lipinski definition) is 2. The Bertz CT molecular complexity index is 418. The van der Waals surface area contributed by atoms with E-state index < -0.39 is 0 Å². The van der Waals surface area contributed by atoms with E-state index in [2.05, 4.69) is 33.0 Å². The van der Waals surface area contributed by atoms with Gasteiger partial charge in [-0.3, -0.25) is 4.79 Å². The number of anilines is 1. The van der Waals surface area contributed by atoms with Gasteiger partial charge in [0.25, 0.3) is 0 Å². The molecule has 3 nitrogen and oxygen atoms in total. The monoisotopic (exact) mass is 276 g/mol. The fourth-order valence-corrected chi connectivity index (χ4v) is 2.54. The number of nitrogen functional groups attached to an aromatic ring is 1. The van der Waals surface area contributed by atoms with Crippen molar-refractivity contribution in [3.63, 3.8) is 0 Å². The van der Waals surface area contributed by atoms with E-state index in [1.54, 1.807) is 0 Å². The minimum absolute atomic E-state index is 0.150. The second-order valence-corrected chi connectivity index (χ2v) is 6.92. The molecule has 20 heavy (non-hydrogen) atoms. The Morgan fingerprint density at radius 3 is 2.40 bits per heavy atom. The maximum absolute atomic E-state index is 11.9. The highest BCUT2D eigenvalue weighted by molar-refractivity contribution is 5.76. The van der Waals surface area contributed by atoms with Gasteiger partial charge in [0.05, 0.1) is 0 Å². The van der Waals surface area contributed by atoms with Gasteiger partial charge in [-0.25, -0.2) is 0 Å². The molecule has 0 aliphatic heterocycles. The average Bonchev–Trinajstić information content (AvgIpc) is 2.29. The van der Waals surface area contributed by atoms with Crippen molar-refractivity contribution >= 4 is 11.6 Å². The quantitative estimate of drug-likeness (QED) is 0.782. The van der Waals surface area contributed by atoms with Crippen molar-refractivity contribution in [2.24, 2.45) is 11.3 Å². The normalized spacial score (nSPS) is 13.0. The van der Waals surface area contributed by atoms with Crippen LogP contribution in [0.25, 0.3) is 0 Å². The first-order chi connectivity index (χ1) is 9.26. The molecule has 1 atom stereocenters. The van der Waals surface area contributed by atoms with Gasteiger partial charge in [0, 0.05) is 18.7 Å². The predicted molar refractivity (Wildman–Crippen MR) is 85.4 cm³/mol. The largest absolute Gasteiger partial charge is 0.399 e. The van der Waals surface area contributed by atoms with E-state index in [0.29, 0.717) is 18.9 Å². The molecule has 0 aliphatic carbocycles. The summed E-state index contributed by atoms with van der Waals surface area (Å²) in [5.74, 6) is 0.573. The summed E-state index contributed by atoms with van der Waals surface area (Å²) < 4.78 is 0. The molecule has 0 heterocycles. The number of nitrogens with one attached hydrogen (secondary N) is 1. The Morgan fingerprint density at radius 1 is 1.25 bits per heavy atom. The number of nitrogens with two attached hydrogens (primary N) is 1. The van der Waals surface area contributed by atoms with E-state index in [1.165, 1.54) is 5.56 Å². The zero-order valence-electron chi connectivity index (χ0n) is 13.2. The van der Waals surface area contributed by atoms with Crippen molar-refractivity contribution in [2.45, 2.75) is 47.0 Å². The Labute approximate surface area is 122 Å². The zero-order valence-corrected chi connectivity index (χ0v) is 13.2. The fraction of sp³-hybridized carbons (Fsp3) is 0.588. The smallest absolute Gasteiger partial charge is 0.220 e. The Kier molecular flexibility index (Phi) is 6.05. The molecular weight excluding hydrogens is 248 g/mol. The predicted octanol–water partition coefficient (Wildman–Crippen LogP) is 3.39. The SMILES string of the molecule is CC(CC(=O)NCCc1ccc(N)cc1)CC(C)(C)C. The summed E-state index contributed by atoms with van der Waals surface area (Å²) in [5.41, 5.74) is 7.89. The van der Waals surface area contributed by atoms with Crippen molar-refractivity contribution in [3.05, 3.63) is 29.8 Å². The fourth-order valence-electron chi connectivity index (χ4n) is 2.54. The van der Waals surface area contributed by atoms with E-state index >= 15 is 0 Å². The second kappa shape index (κ2) is 7.32. The van der Waals surface area contributed by atoms with Gasteiger partial charge in [0.2, 0.25) is 5.91 Å². The summed E-state index contributed by atoms with van der Waals surface area (Å²) in [6, 6.07) is 7.79. The van der Waals surface area contributed by atoms with Crippen LogP contribution >= 0.6 is 0 Å². The summed E-state index contributed by atoms with van der Waals surface area (Å²) in [6.45, 7) is 9.46. The van der Waals surface area contributed by atoms with Crippen LogP contribution in [0.4, 0.5) is 5.69 Å². The van der Waals surface area contributed by atoms with E-state index in [9.17, 15) is 4.79 Å². The first kappa shape index (κ1) is 16.5. The van der Waals surface area contributed by atoms with Crippen LogP contribution in [0.2, 0.25) is 0 Å². The van der Waals surface area contributed by atoms with Crippen LogP contribution < -0.4 is 11.1 Å². The van der Waals surface area contributed by atoms with Crippen LogP contribution in [-0.2, 0) is 11.2 Å². The third kappa shape index (κ3) is 7.17. The van der Waals surface area contributed by atoms with Gasteiger partial charge in [-0.15, -0.1) is 0 Å². The molecule has 1 amide bonds. The van der Waals surface area contributed by atoms with Gasteiger partial charge in [-0.1, -0.05) is 39.8 Å². The van der Waals surface area contributed by atoms with Gasteiger partial charge in [0.15, 0.2) is 0 Å². The highest BCUT2D eigenvalue weighted by Gasteiger charge is 2.17. The first-order valence-electron chi connectivity index (χ1n) is 7.37. The Hall–Kier alpha value is -1.51. The van der Waals surface area contributed by atoms with E-state index in [0.717, 1.165) is 18.5 Å². The molecule has 3 heteroatoms. The van der Waals surface area contributed by atoms with Crippen LogP contribution in [0.15, 0.2) is 24.3 Å². The highest BCUT2D eigenvalue weighted by atomic mass is 16.1. The number of carbonyl (C=O) groups excluding carboxylic acids is 1. The highest BCUT2D eigenvalue weighted by Crippen LogP contribution is 2.25. The molecule has 0 bridgehead atoms. The Balaban J connectivity index is 2.25. The lowest BCUT2D eigenvalue weighted by molar-refractivity contribution is -0.122. The topological polar surface area (TPSA) is 55.1 Å². The zero-order chi connectivity index (χ0) is 15.2. The lowest BCUT2D eigenvalue weighted by Gasteiger charge is -2.22. The lowest BCUT2D eigenvalue weighted by Crippen LogP contribution is -2.28. The molecule has 1 aromatic carbocycles. The average molecular weight is 276 g/mol.